The molecule has 0 saturated carbocycles. The summed E-state index contributed by atoms with van der Waals surface area (Å²) in [4.78, 5) is 2.28. The lowest BCUT2D eigenvalue weighted by Gasteiger charge is -2.17. The number of aromatic nitrogens is 2. The summed E-state index contributed by atoms with van der Waals surface area (Å²) in [6.45, 7) is 2.79. The van der Waals surface area contributed by atoms with Crippen LogP contribution in [0.4, 0.5) is 11.5 Å². The van der Waals surface area contributed by atoms with Crippen LogP contribution < -0.4 is 14.9 Å². The first-order valence-electron chi connectivity index (χ1n) is 7.61. The third-order valence-corrected chi connectivity index (χ3v) is 7.22. The summed E-state index contributed by atoms with van der Waals surface area (Å²) in [7, 11) is -3.46. The van der Waals surface area contributed by atoms with Crippen LogP contribution in [0.25, 0.3) is 0 Å². The van der Waals surface area contributed by atoms with Crippen molar-refractivity contribution in [2.75, 3.05) is 36.4 Å². The second-order valence-electron chi connectivity index (χ2n) is 5.38. The van der Waals surface area contributed by atoms with E-state index < -0.39 is 10.0 Å². The molecule has 3 heterocycles. The Morgan fingerprint density at radius 3 is 2.75 bits per heavy atom. The van der Waals surface area contributed by atoms with Gasteiger partial charge in [0.15, 0.2) is 5.82 Å². The van der Waals surface area contributed by atoms with E-state index in [1.165, 1.54) is 24.2 Å². The maximum absolute atomic E-state index is 12.1. The highest BCUT2D eigenvalue weighted by Crippen LogP contribution is 2.25. The van der Waals surface area contributed by atoms with Gasteiger partial charge in [-0.3, -0.25) is 0 Å². The quantitative estimate of drug-likeness (QED) is 0.653. The number of anilines is 2. The van der Waals surface area contributed by atoms with Crippen molar-refractivity contribution < 1.29 is 8.42 Å². The first kappa shape index (κ1) is 17.6. The van der Waals surface area contributed by atoms with Crippen LogP contribution in [0, 0.1) is 0 Å². The van der Waals surface area contributed by atoms with E-state index in [4.69, 9.17) is 0 Å². The number of nitrogens with one attached hydrogen (secondary N) is 2. The van der Waals surface area contributed by atoms with Gasteiger partial charge in [0.1, 0.15) is 4.21 Å². The second-order valence-corrected chi connectivity index (χ2v) is 9.83. The predicted molar refractivity (Wildman–Crippen MR) is 99.2 cm³/mol. The molecule has 2 aromatic rings. The van der Waals surface area contributed by atoms with Crippen LogP contribution in [0.15, 0.2) is 32.4 Å². The lowest BCUT2D eigenvalue weighted by Crippen LogP contribution is -2.28. The molecule has 2 N–H and O–H groups in total. The highest BCUT2D eigenvalue weighted by molar-refractivity contribution is 9.11. The van der Waals surface area contributed by atoms with Crippen LogP contribution in [0.5, 0.6) is 0 Å². The predicted octanol–water partition coefficient (Wildman–Crippen LogP) is 2.29. The summed E-state index contributed by atoms with van der Waals surface area (Å²) >= 11 is 4.45. The molecule has 1 fully saturated rings. The molecule has 1 aliphatic rings. The Morgan fingerprint density at radius 1 is 1.25 bits per heavy atom. The molecule has 0 atom stereocenters. The summed E-state index contributed by atoms with van der Waals surface area (Å²) in [6.07, 6.45) is 4.16. The van der Waals surface area contributed by atoms with Gasteiger partial charge < -0.3 is 10.2 Å². The van der Waals surface area contributed by atoms with Crippen LogP contribution in [-0.4, -0.2) is 44.8 Å². The SMILES string of the molecule is O=S(=O)(NCCNc1cc(N2CCCC2)cnn1)c1ccc(Br)s1. The van der Waals surface area contributed by atoms with Crippen LogP contribution in [0.1, 0.15) is 12.8 Å². The maximum atomic E-state index is 12.1. The minimum atomic E-state index is -3.46. The number of hydrogen-bond acceptors (Lipinski definition) is 7. The Hall–Kier alpha value is -1.23. The van der Waals surface area contributed by atoms with Crippen molar-refractivity contribution in [1.29, 1.82) is 0 Å². The lowest BCUT2D eigenvalue weighted by molar-refractivity contribution is 0.585. The molecule has 0 aromatic carbocycles. The molecule has 1 saturated heterocycles. The molecular formula is C14H18BrN5O2S2. The Balaban J connectivity index is 1.50. The number of sulfonamides is 1. The molecule has 0 unspecified atom stereocenters. The number of hydrogen-bond donors (Lipinski definition) is 2. The van der Waals surface area contributed by atoms with Crippen LogP contribution >= 0.6 is 27.3 Å². The molecule has 0 radical (unpaired) electrons. The first-order valence-corrected chi connectivity index (χ1v) is 10.7. The van der Waals surface area contributed by atoms with E-state index in [0.717, 1.165) is 22.6 Å². The molecule has 10 heteroatoms. The lowest BCUT2D eigenvalue weighted by atomic mass is 10.4. The van der Waals surface area contributed by atoms with Crippen molar-refractivity contribution in [3.05, 3.63) is 28.2 Å². The molecule has 3 rings (SSSR count). The molecule has 1 aliphatic heterocycles. The fraction of sp³-hybridized carbons (Fsp3) is 0.429. The molecule has 2 aromatic heterocycles. The second kappa shape index (κ2) is 7.77. The van der Waals surface area contributed by atoms with E-state index in [2.05, 4.69) is 41.1 Å². The number of nitrogens with zero attached hydrogens (tertiary/aromatic N) is 3. The molecule has 0 amide bonds. The van der Waals surface area contributed by atoms with Crippen LogP contribution in [-0.2, 0) is 10.0 Å². The van der Waals surface area contributed by atoms with Gasteiger partial charge in [0.2, 0.25) is 10.0 Å². The number of thiophene rings is 1. The van der Waals surface area contributed by atoms with E-state index in [-0.39, 0.29) is 6.54 Å². The summed E-state index contributed by atoms with van der Waals surface area (Å²) in [5.41, 5.74) is 1.05. The Labute approximate surface area is 153 Å². The molecule has 0 aliphatic carbocycles. The fourth-order valence-corrected chi connectivity index (χ4v) is 5.57. The summed E-state index contributed by atoms with van der Waals surface area (Å²) in [5.74, 6) is 0.650. The zero-order valence-electron chi connectivity index (χ0n) is 12.9. The van der Waals surface area contributed by atoms with E-state index >= 15 is 0 Å². The zero-order chi connectivity index (χ0) is 17.0. The molecule has 24 heavy (non-hydrogen) atoms. The van der Waals surface area contributed by atoms with Gasteiger partial charge in [0.25, 0.3) is 0 Å². The summed E-state index contributed by atoms with van der Waals surface area (Å²) in [6, 6.07) is 5.25. The number of halogens is 1. The minimum absolute atomic E-state index is 0.271. The standard InChI is InChI=1S/C14H18BrN5O2S2/c15-12-3-4-14(23-12)24(21,22)18-6-5-16-13-9-11(10-17-19-13)20-7-1-2-8-20/h3-4,9-10,18H,1-2,5-8H2,(H,16,19). The van der Waals surface area contributed by atoms with Gasteiger partial charge in [0.05, 0.1) is 15.7 Å². The highest BCUT2D eigenvalue weighted by Gasteiger charge is 2.16. The Bertz CT molecular complexity index is 790. The van der Waals surface area contributed by atoms with Crippen molar-refractivity contribution in [3.63, 3.8) is 0 Å². The van der Waals surface area contributed by atoms with Crippen molar-refractivity contribution >= 4 is 48.8 Å². The fourth-order valence-electron chi connectivity index (χ4n) is 2.48. The first-order chi connectivity index (χ1) is 11.5. The van der Waals surface area contributed by atoms with Gasteiger partial charge in [-0.2, -0.15) is 5.10 Å². The molecule has 130 valence electrons. The van der Waals surface area contributed by atoms with Gasteiger partial charge in [0, 0.05) is 32.2 Å². The maximum Gasteiger partial charge on any atom is 0.250 e. The van der Waals surface area contributed by atoms with Crippen molar-refractivity contribution in [2.45, 2.75) is 17.1 Å². The minimum Gasteiger partial charge on any atom is -0.370 e. The van der Waals surface area contributed by atoms with Crippen molar-refractivity contribution in [1.82, 2.24) is 14.9 Å². The van der Waals surface area contributed by atoms with E-state index in [1.807, 2.05) is 6.07 Å². The average molecular weight is 432 g/mol. The van der Waals surface area contributed by atoms with Gasteiger partial charge in [-0.05, 0) is 40.9 Å². The zero-order valence-corrected chi connectivity index (χ0v) is 16.1. The Morgan fingerprint density at radius 2 is 2.04 bits per heavy atom. The average Bonchev–Trinajstić information content (AvgIpc) is 3.23. The Kier molecular flexibility index (Phi) is 5.69. The van der Waals surface area contributed by atoms with E-state index in [0.29, 0.717) is 16.6 Å². The van der Waals surface area contributed by atoms with E-state index in [1.54, 1.807) is 18.3 Å². The van der Waals surface area contributed by atoms with Crippen molar-refractivity contribution in [3.8, 4) is 0 Å². The molecular weight excluding hydrogens is 414 g/mol. The van der Waals surface area contributed by atoms with Crippen molar-refractivity contribution in [2.24, 2.45) is 0 Å². The third-order valence-electron chi connectivity index (χ3n) is 3.65. The number of rotatable bonds is 7. The van der Waals surface area contributed by atoms with Gasteiger partial charge in [-0.15, -0.1) is 16.4 Å². The normalized spacial score (nSPS) is 15.0. The third kappa shape index (κ3) is 4.44. The smallest absolute Gasteiger partial charge is 0.250 e. The molecule has 0 spiro atoms. The van der Waals surface area contributed by atoms with Crippen LogP contribution in [0.3, 0.4) is 0 Å². The van der Waals surface area contributed by atoms with E-state index in [9.17, 15) is 8.42 Å². The van der Waals surface area contributed by atoms with Crippen LogP contribution in [0.2, 0.25) is 0 Å². The summed E-state index contributed by atoms with van der Waals surface area (Å²) in [5, 5.41) is 11.2. The monoisotopic (exact) mass is 431 g/mol. The molecule has 0 bridgehead atoms. The molecule has 7 nitrogen and oxygen atoms in total. The topological polar surface area (TPSA) is 87.2 Å². The highest BCUT2D eigenvalue weighted by atomic mass is 79.9. The van der Waals surface area contributed by atoms with Gasteiger partial charge in [-0.1, -0.05) is 0 Å². The largest absolute Gasteiger partial charge is 0.370 e. The van der Waals surface area contributed by atoms with Gasteiger partial charge in [-0.25, -0.2) is 13.1 Å². The van der Waals surface area contributed by atoms with Gasteiger partial charge >= 0.3 is 0 Å². The summed E-state index contributed by atoms with van der Waals surface area (Å²) < 4.78 is 27.9.